The Labute approximate surface area is 173 Å². The van der Waals surface area contributed by atoms with E-state index in [0.717, 1.165) is 4.90 Å². The van der Waals surface area contributed by atoms with Crippen LogP contribution in [0.15, 0.2) is 29.2 Å². The Balaban J connectivity index is 1.46. The molecular weight excluding hydrogens is 416 g/mol. The van der Waals surface area contributed by atoms with E-state index < -0.39 is 33.2 Å². The molecule has 0 aliphatic carbocycles. The van der Waals surface area contributed by atoms with Crippen LogP contribution in [0, 0.1) is 0 Å². The van der Waals surface area contributed by atoms with Crippen molar-refractivity contribution in [2.75, 3.05) is 29.6 Å². The van der Waals surface area contributed by atoms with Crippen LogP contribution in [0.25, 0.3) is 0 Å². The number of hydrogen-bond acceptors (Lipinski definition) is 7. The largest absolute Gasteiger partial charge is 0.453 e. The van der Waals surface area contributed by atoms with Crippen LogP contribution < -0.4 is 4.90 Å². The van der Waals surface area contributed by atoms with Gasteiger partial charge in [-0.2, -0.15) is 0 Å². The number of fused-ring (bicyclic) bond motifs is 3. The molecule has 2 amide bonds. The summed E-state index contributed by atoms with van der Waals surface area (Å²) in [6.07, 6.45) is 0.954. The van der Waals surface area contributed by atoms with E-state index in [2.05, 4.69) is 0 Å². The number of carbonyl (C=O) groups is 3. The monoisotopic (exact) mass is 438 g/mol. The lowest BCUT2D eigenvalue weighted by Crippen LogP contribution is -2.49. The Morgan fingerprint density at radius 2 is 2.10 bits per heavy atom. The first-order valence-corrected chi connectivity index (χ1v) is 12.2. The van der Waals surface area contributed by atoms with Gasteiger partial charge in [0, 0.05) is 30.3 Å². The van der Waals surface area contributed by atoms with Crippen LogP contribution >= 0.6 is 11.8 Å². The van der Waals surface area contributed by atoms with Gasteiger partial charge in [-0.3, -0.25) is 14.5 Å². The van der Waals surface area contributed by atoms with E-state index >= 15 is 0 Å². The van der Waals surface area contributed by atoms with Gasteiger partial charge < -0.3 is 9.64 Å². The van der Waals surface area contributed by atoms with Crippen LogP contribution in [-0.2, 0) is 29.0 Å². The van der Waals surface area contributed by atoms with Crippen molar-refractivity contribution in [1.82, 2.24) is 4.90 Å². The highest BCUT2D eigenvalue weighted by atomic mass is 32.2. The van der Waals surface area contributed by atoms with Gasteiger partial charge in [-0.1, -0.05) is 23.9 Å². The van der Waals surface area contributed by atoms with Crippen LogP contribution in [0.2, 0.25) is 0 Å². The van der Waals surface area contributed by atoms with Crippen LogP contribution in [0.1, 0.15) is 26.2 Å². The third kappa shape index (κ3) is 3.42. The molecule has 4 rings (SSSR count). The predicted molar refractivity (Wildman–Crippen MR) is 107 cm³/mol. The predicted octanol–water partition coefficient (Wildman–Crippen LogP) is 1.19. The van der Waals surface area contributed by atoms with E-state index in [9.17, 15) is 22.8 Å². The van der Waals surface area contributed by atoms with E-state index in [1.54, 1.807) is 13.0 Å². The third-order valence-corrected chi connectivity index (χ3v) is 8.84. The van der Waals surface area contributed by atoms with Gasteiger partial charge in [0.2, 0.25) is 5.91 Å². The van der Waals surface area contributed by atoms with Crippen molar-refractivity contribution in [2.45, 2.75) is 42.0 Å². The molecule has 3 aliphatic heterocycles. The molecule has 10 heteroatoms. The van der Waals surface area contributed by atoms with Crippen LogP contribution in [0.5, 0.6) is 0 Å². The Kier molecular flexibility index (Phi) is 5.10. The Bertz CT molecular complexity index is 979. The molecule has 3 heterocycles. The summed E-state index contributed by atoms with van der Waals surface area (Å²) in [5.41, 5.74) is 0.689. The Morgan fingerprint density at radius 3 is 2.79 bits per heavy atom. The summed E-state index contributed by atoms with van der Waals surface area (Å²) in [5.74, 6) is -1.17. The number of amides is 2. The van der Waals surface area contributed by atoms with Crippen LogP contribution in [0.4, 0.5) is 5.69 Å². The lowest BCUT2D eigenvalue weighted by atomic mass is 10.2. The summed E-state index contributed by atoms with van der Waals surface area (Å²) >= 11 is 1.28. The number of likely N-dealkylation sites (N-methyl/N-ethyl adjacent to an activating group) is 1. The standard InChI is InChI=1S/C19H22N2O6S2/c1-2-20(13-8-10-29(25,26)12-13)17(23)11-27-18(24)19-9-7-16(22)21(19)14-5-3-4-6-15(14)28-19/h3-6,13H,2,7-12H2,1H3/t13-,19+/m0/s1. The minimum absolute atomic E-state index is 0.0576. The molecule has 8 nitrogen and oxygen atoms in total. The van der Waals surface area contributed by atoms with Crippen molar-refractivity contribution in [2.24, 2.45) is 0 Å². The van der Waals surface area contributed by atoms with Crippen molar-refractivity contribution in [1.29, 1.82) is 0 Å². The maximum absolute atomic E-state index is 13.0. The fourth-order valence-electron chi connectivity index (χ4n) is 4.25. The minimum atomic E-state index is -3.13. The molecule has 0 spiro atoms. The highest BCUT2D eigenvalue weighted by Gasteiger charge is 2.58. The number of esters is 1. The highest BCUT2D eigenvalue weighted by molar-refractivity contribution is 8.02. The Hall–Kier alpha value is -2.07. The zero-order chi connectivity index (χ0) is 20.8. The van der Waals surface area contributed by atoms with Gasteiger partial charge >= 0.3 is 5.97 Å². The fourth-order valence-corrected chi connectivity index (χ4v) is 7.40. The summed E-state index contributed by atoms with van der Waals surface area (Å²) in [6, 6.07) is 6.92. The molecule has 0 bridgehead atoms. The molecule has 156 valence electrons. The topological polar surface area (TPSA) is 101 Å². The quantitative estimate of drug-likeness (QED) is 0.637. The van der Waals surface area contributed by atoms with Crippen molar-refractivity contribution in [3.63, 3.8) is 0 Å². The molecule has 0 aromatic heterocycles. The average molecular weight is 439 g/mol. The minimum Gasteiger partial charge on any atom is -0.453 e. The first-order valence-electron chi connectivity index (χ1n) is 9.55. The SMILES string of the molecule is CCN(C(=O)COC(=O)[C@]12CCC(=O)N1c1ccccc1S2)[C@H]1CCS(=O)(=O)C1. The molecule has 29 heavy (non-hydrogen) atoms. The average Bonchev–Trinajstić information content (AvgIpc) is 3.32. The molecule has 2 saturated heterocycles. The molecule has 0 N–H and O–H groups in total. The molecule has 3 aliphatic rings. The molecule has 2 atom stereocenters. The van der Waals surface area contributed by atoms with Crippen molar-refractivity contribution in [3.8, 4) is 0 Å². The number of hydrogen-bond donors (Lipinski definition) is 0. The number of sulfone groups is 1. The first-order chi connectivity index (χ1) is 13.8. The fraction of sp³-hybridized carbons (Fsp3) is 0.526. The Morgan fingerprint density at radius 1 is 1.34 bits per heavy atom. The van der Waals surface area contributed by atoms with Gasteiger partial charge in [-0.15, -0.1) is 0 Å². The van der Waals surface area contributed by atoms with Gasteiger partial charge in [-0.25, -0.2) is 13.2 Å². The van der Waals surface area contributed by atoms with Gasteiger partial charge in [0.25, 0.3) is 5.91 Å². The van der Waals surface area contributed by atoms with Gasteiger partial charge in [0.1, 0.15) is 0 Å². The van der Waals surface area contributed by atoms with Crippen LogP contribution in [-0.4, -0.2) is 66.7 Å². The zero-order valence-electron chi connectivity index (χ0n) is 16.0. The van der Waals surface area contributed by atoms with E-state index in [0.29, 0.717) is 25.1 Å². The molecule has 1 aromatic rings. The second-order valence-corrected chi connectivity index (χ2v) is 10.9. The second-order valence-electron chi connectivity index (χ2n) is 7.40. The normalized spacial score (nSPS) is 26.9. The first kappa shape index (κ1) is 20.2. The van der Waals surface area contributed by atoms with E-state index in [-0.39, 0.29) is 29.9 Å². The van der Waals surface area contributed by atoms with E-state index in [1.807, 2.05) is 18.2 Å². The molecular formula is C19H22N2O6S2. The number of rotatable bonds is 5. The van der Waals surface area contributed by atoms with Gasteiger partial charge in [0.15, 0.2) is 21.3 Å². The number of thioether (sulfide) groups is 1. The summed E-state index contributed by atoms with van der Waals surface area (Å²) < 4.78 is 28.8. The van der Waals surface area contributed by atoms with E-state index in [1.165, 1.54) is 21.6 Å². The van der Waals surface area contributed by atoms with Crippen molar-refractivity contribution in [3.05, 3.63) is 24.3 Å². The summed E-state index contributed by atoms with van der Waals surface area (Å²) in [5, 5.41) is 0. The summed E-state index contributed by atoms with van der Waals surface area (Å²) in [7, 11) is -3.13. The number of para-hydroxylation sites is 1. The third-order valence-electron chi connectivity index (χ3n) is 5.63. The molecule has 1 aromatic carbocycles. The van der Waals surface area contributed by atoms with Gasteiger partial charge in [0.05, 0.1) is 17.2 Å². The summed E-state index contributed by atoms with van der Waals surface area (Å²) in [4.78, 5) is 40.7. The molecule has 2 fully saturated rings. The maximum Gasteiger partial charge on any atom is 0.344 e. The lowest BCUT2D eigenvalue weighted by molar-refractivity contribution is -0.154. The van der Waals surface area contributed by atoms with Crippen LogP contribution in [0.3, 0.4) is 0 Å². The molecule has 0 saturated carbocycles. The number of nitrogens with zero attached hydrogens (tertiary/aromatic N) is 2. The smallest absolute Gasteiger partial charge is 0.344 e. The van der Waals surface area contributed by atoms with Crippen molar-refractivity contribution >= 4 is 45.1 Å². The summed E-state index contributed by atoms with van der Waals surface area (Å²) in [6.45, 7) is 1.64. The van der Waals surface area contributed by atoms with Gasteiger partial charge in [-0.05, 0) is 25.5 Å². The zero-order valence-corrected chi connectivity index (χ0v) is 17.6. The number of ether oxygens (including phenoxy) is 1. The number of benzene rings is 1. The number of carbonyl (C=O) groups excluding carboxylic acids is 3. The molecule has 0 radical (unpaired) electrons. The highest BCUT2D eigenvalue weighted by Crippen LogP contribution is 2.56. The van der Waals surface area contributed by atoms with E-state index in [4.69, 9.17) is 4.74 Å². The second kappa shape index (κ2) is 7.32. The molecule has 0 unspecified atom stereocenters. The maximum atomic E-state index is 13.0. The lowest BCUT2D eigenvalue weighted by Gasteiger charge is -2.30. The van der Waals surface area contributed by atoms with Crippen molar-refractivity contribution < 1.29 is 27.5 Å². The number of anilines is 1.